The third-order valence-electron chi connectivity index (χ3n) is 6.44. The van der Waals surface area contributed by atoms with Gasteiger partial charge in [-0.3, -0.25) is 0 Å². The molecule has 31 heavy (non-hydrogen) atoms. The highest BCUT2D eigenvalue weighted by Gasteiger charge is 2.33. The molecule has 3 aromatic rings. The Labute approximate surface area is 186 Å². The van der Waals surface area contributed by atoms with Crippen molar-refractivity contribution >= 4 is 38.3 Å². The van der Waals surface area contributed by atoms with Crippen LogP contribution in [0.25, 0.3) is 11.0 Å². The van der Waals surface area contributed by atoms with E-state index < -0.39 is 10.0 Å². The van der Waals surface area contributed by atoms with E-state index in [1.165, 1.54) is 6.26 Å². The minimum Gasteiger partial charge on any atom is -0.363 e. The molecule has 8 nitrogen and oxygen atoms in total. The Kier molecular flexibility index (Phi) is 5.15. The van der Waals surface area contributed by atoms with Gasteiger partial charge in [0.05, 0.1) is 23.3 Å². The Hall–Kier alpha value is -2.23. The lowest BCUT2D eigenvalue weighted by molar-refractivity contribution is 0.312. The number of aromatic nitrogens is 4. The second-order valence-corrected chi connectivity index (χ2v) is 10.9. The molecule has 164 valence electrons. The fraction of sp³-hybridized carbons (Fsp3) is 0.476. The SMILES string of the molecule is C[C@@H]1Cc2ncnc([C@H]3CCCN(S(C)(=O)=O)C3)c2CN1c1cc(Cl)nc2[nH]ccc12. The number of rotatable bonds is 3. The van der Waals surface area contributed by atoms with Crippen LogP contribution in [0, 0.1) is 0 Å². The summed E-state index contributed by atoms with van der Waals surface area (Å²) < 4.78 is 25.8. The number of fused-ring (bicyclic) bond motifs is 2. The Morgan fingerprint density at radius 1 is 1.29 bits per heavy atom. The van der Waals surface area contributed by atoms with E-state index in [-0.39, 0.29) is 12.0 Å². The van der Waals surface area contributed by atoms with Gasteiger partial charge in [-0.15, -0.1) is 0 Å². The van der Waals surface area contributed by atoms with Gasteiger partial charge in [0, 0.05) is 55.2 Å². The number of H-pyrrole nitrogens is 1. The molecule has 0 unspecified atom stereocenters. The van der Waals surface area contributed by atoms with E-state index in [9.17, 15) is 8.42 Å². The molecule has 0 saturated carbocycles. The van der Waals surface area contributed by atoms with Crippen molar-refractivity contribution in [2.45, 2.75) is 44.7 Å². The Morgan fingerprint density at radius 3 is 2.94 bits per heavy atom. The van der Waals surface area contributed by atoms with E-state index in [1.807, 2.05) is 18.3 Å². The van der Waals surface area contributed by atoms with Crippen molar-refractivity contribution in [2.24, 2.45) is 0 Å². The summed E-state index contributed by atoms with van der Waals surface area (Å²) in [5.74, 6) is 0.0730. The zero-order valence-corrected chi connectivity index (χ0v) is 19.1. The summed E-state index contributed by atoms with van der Waals surface area (Å²) in [7, 11) is -3.22. The van der Waals surface area contributed by atoms with E-state index in [0.717, 1.165) is 52.9 Å². The fourth-order valence-corrected chi connectivity index (χ4v) is 6.00. The molecule has 5 rings (SSSR count). The molecular weight excluding hydrogens is 436 g/mol. The lowest BCUT2D eigenvalue weighted by atomic mass is 9.88. The molecule has 2 aliphatic rings. The molecule has 1 saturated heterocycles. The third-order valence-corrected chi connectivity index (χ3v) is 7.91. The van der Waals surface area contributed by atoms with Crippen molar-refractivity contribution in [3.63, 3.8) is 0 Å². The standard InChI is InChI=1S/C21H25ClN6O2S/c1-13-8-17-16(11-28(13)18-9-19(22)26-21-15(18)5-6-23-21)20(25-12-24-17)14-4-3-7-27(10-14)31(2,29)30/h5-6,9,12-14H,3-4,7-8,10-11H2,1-2H3,(H,23,26)/t13-,14+/m1/s1. The van der Waals surface area contributed by atoms with Gasteiger partial charge in [-0.05, 0) is 31.9 Å². The number of hydrogen-bond acceptors (Lipinski definition) is 6. The number of halogens is 1. The summed E-state index contributed by atoms with van der Waals surface area (Å²) in [6, 6.07) is 4.16. The normalized spacial score (nSPS) is 22.6. The number of sulfonamides is 1. The first-order chi connectivity index (χ1) is 14.8. The number of pyridine rings is 1. The van der Waals surface area contributed by atoms with Crippen molar-refractivity contribution in [3.8, 4) is 0 Å². The van der Waals surface area contributed by atoms with Gasteiger partial charge < -0.3 is 9.88 Å². The van der Waals surface area contributed by atoms with Crippen LogP contribution in [-0.4, -0.2) is 58.0 Å². The molecule has 0 spiro atoms. The fourth-order valence-electron chi connectivity index (χ4n) is 4.90. The number of piperidine rings is 1. The second-order valence-electron chi connectivity index (χ2n) is 8.53. The van der Waals surface area contributed by atoms with Crippen molar-refractivity contribution < 1.29 is 8.42 Å². The maximum atomic E-state index is 12.1. The van der Waals surface area contributed by atoms with Gasteiger partial charge >= 0.3 is 0 Å². The molecule has 10 heteroatoms. The van der Waals surface area contributed by atoms with Crippen molar-refractivity contribution in [1.82, 2.24) is 24.2 Å². The quantitative estimate of drug-likeness (QED) is 0.603. The summed E-state index contributed by atoms with van der Waals surface area (Å²) >= 11 is 6.31. The van der Waals surface area contributed by atoms with Gasteiger partial charge in [-0.25, -0.2) is 27.7 Å². The van der Waals surface area contributed by atoms with Crippen LogP contribution in [0.2, 0.25) is 5.15 Å². The van der Waals surface area contributed by atoms with Crippen LogP contribution in [0.4, 0.5) is 5.69 Å². The lowest BCUT2D eigenvalue weighted by Gasteiger charge is -2.38. The van der Waals surface area contributed by atoms with E-state index in [0.29, 0.717) is 24.8 Å². The molecule has 0 radical (unpaired) electrons. The highest BCUT2D eigenvalue weighted by molar-refractivity contribution is 7.88. The molecule has 2 atom stereocenters. The van der Waals surface area contributed by atoms with Gasteiger partial charge in [-0.2, -0.15) is 0 Å². The highest BCUT2D eigenvalue weighted by Crippen LogP contribution is 2.37. The van der Waals surface area contributed by atoms with Crippen LogP contribution in [0.3, 0.4) is 0 Å². The zero-order chi connectivity index (χ0) is 21.8. The maximum Gasteiger partial charge on any atom is 0.211 e. The highest BCUT2D eigenvalue weighted by atomic mass is 35.5. The van der Waals surface area contributed by atoms with Gasteiger partial charge in [0.15, 0.2) is 0 Å². The van der Waals surface area contributed by atoms with Crippen LogP contribution in [0.1, 0.15) is 42.6 Å². The first kappa shape index (κ1) is 20.7. The van der Waals surface area contributed by atoms with E-state index in [1.54, 1.807) is 10.6 Å². The lowest BCUT2D eigenvalue weighted by Crippen LogP contribution is -2.42. The number of anilines is 1. The van der Waals surface area contributed by atoms with Gasteiger partial charge in [0.1, 0.15) is 17.1 Å². The van der Waals surface area contributed by atoms with Crippen molar-refractivity contribution in [1.29, 1.82) is 0 Å². The summed E-state index contributed by atoms with van der Waals surface area (Å²) in [5, 5.41) is 1.47. The number of nitrogens with one attached hydrogen (secondary N) is 1. The Bertz CT molecular complexity index is 1240. The minimum absolute atomic E-state index is 0.0730. The summed E-state index contributed by atoms with van der Waals surface area (Å²) in [6.07, 6.45) is 7.33. The van der Waals surface area contributed by atoms with Crippen LogP contribution < -0.4 is 4.90 Å². The van der Waals surface area contributed by atoms with Gasteiger partial charge in [0.25, 0.3) is 0 Å². The second kappa shape index (κ2) is 7.72. The minimum atomic E-state index is -3.22. The average molecular weight is 461 g/mol. The molecule has 0 amide bonds. The maximum absolute atomic E-state index is 12.1. The molecule has 5 heterocycles. The van der Waals surface area contributed by atoms with Crippen molar-refractivity contribution in [2.75, 3.05) is 24.2 Å². The van der Waals surface area contributed by atoms with E-state index in [2.05, 4.69) is 31.8 Å². The molecular formula is C21H25ClN6O2S. The summed E-state index contributed by atoms with van der Waals surface area (Å²) in [5.41, 5.74) is 4.93. The smallest absolute Gasteiger partial charge is 0.211 e. The largest absolute Gasteiger partial charge is 0.363 e. The van der Waals surface area contributed by atoms with Crippen LogP contribution >= 0.6 is 11.6 Å². The molecule has 0 aliphatic carbocycles. The summed E-state index contributed by atoms with van der Waals surface area (Å²) in [6.45, 7) is 3.89. The average Bonchev–Trinajstić information content (AvgIpc) is 3.20. The van der Waals surface area contributed by atoms with Gasteiger partial charge in [0.2, 0.25) is 10.0 Å². The molecule has 2 aliphatic heterocycles. The third kappa shape index (κ3) is 3.79. The monoisotopic (exact) mass is 460 g/mol. The number of hydrogen-bond donors (Lipinski definition) is 1. The van der Waals surface area contributed by atoms with Crippen molar-refractivity contribution in [3.05, 3.63) is 46.8 Å². The first-order valence-electron chi connectivity index (χ1n) is 10.5. The van der Waals surface area contributed by atoms with E-state index in [4.69, 9.17) is 11.6 Å². The molecule has 0 bridgehead atoms. The molecule has 0 aromatic carbocycles. The summed E-state index contributed by atoms with van der Waals surface area (Å²) in [4.78, 5) is 19.1. The van der Waals surface area contributed by atoms with Crippen LogP contribution in [0.15, 0.2) is 24.7 Å². The molecule has 1 fully saturated rings. The number of aromatic amines is 1. The molecule has 3 aromatic heterocycles. The Balaban J connectivity index is 1.54. The first-order valence-corrected chi connectivity index (χ1v) is 12.7. The Morgan fingerprint density at radius 2 is 2.13 bits per heavy atom. The van der Waals surface area contributed by atoms with E-state index >= 15 is 0 Å². The topological polar surface area (TPSA) is 95.1 Å². The number of nitrogens with zero attached hydrogens (tertiary/aromatic N) is 5. The zero-order valence-electron chi connectivity index (χ0n) is 17.5. The van der Waals surface area contributed by atoms with Crippen LogP contribution in [-0.2, 0) is 23.0 Å². The predicted octanol–water partition coefficient (Wildman–Crippen LogP) is 3.10. The predicted molar refractivity (Wildman–Crippen MR) is 121 cm³/mol. The van der Waals surface area contributed by atoms with Crippen LogP contribution in [0.5, 0.6) is 0 Å². The van der Waals surface area contributed by atoms with Gasteiger partial charge in [-0.1, -0.05) is 11.6 Å². The molecule has 1 N–H and O–H groups in total.